The third kappa shape index (κ3) is 5.44. The minimum Gasteiger partial charge on any atom is -0.494 e. The molecule has 3 aromatic rings. The van der Waals surface area contributed by atoms with Crippen LogP contribution in [0.3, 0.4) is 0 Å². The third-order valence-electron chi connectivity index (χ3n) is 3.84. The molecule has 2 aromatic carbocycles. The number of nitrogen functional groups attached to an aromatic ring is 2. The van der Waals surface area contributed by atoms with Crippen molar-refractivity contribution in [2.24, 2.45) is 0 Å². The molecule has 1 aromatic heterocycles. The molecule has 0 radical (unpaired) electrons. The summed E-state index contributed by atoms with van der Waals surface area (Å²) in [4.78, 5) is 13.7. The minimum atomic E-state index is -0.948. The Hall–Kier alpha value is -3.15. The molecule has 0 saturated carbocycles. The molecule has 26 heavy (non-hydrogen) atoms. The minimum absolute atomic E-state index is 0.202. The summed E-state index contributed by atoms with van der Waals surface area (Å²) in [7, 11) is 0. The molecule has 138 valence electrons. The van der Waals surface area contributed by atoms with Crippen molar-refractivity contribution in [2.75, 3.05) is 18.1 Å². The van der Waals surface area contributed by atoms with Gasteiger partial charge in [-0.1, -0.05) is 31.9 Å². The zero-order valence-corrected chi connectivity index (χ0v) is 14.9. The Morgan fingerprint density at radius 3 is 2.35 bits per heavy atom. The maximum absolute atomic E-state index is 10.8. The third-order valence-corrected chi connectivity index (χ3v) is 3.84. The number of rotatable bonds is 6. The highest BCUT2D eigenvalue weighted by molar-refractivity contribution is 5.94. The second-order valence-electron chi connectivity index (χ2n) is 5.92. The largest absolute Gasteiger partial charge is 0.494 e. The van der Waals surface area contributed by atoms with Crippen LogP contribution >= 0.6 is 0 Å². The summed E-state index contributed by atoms with van der Waals surface area (Å²) >= 11 is 0. The summed E-state index contributed by atoms with van der Waals surface area (Å²) < 4.78 is 5.62. The number of para-hydroxylation sites is 2. The van der Waals surface area contributed by atoms with E-state index in [1.165, 1.54) is 6.42 Å². The maximum Gasteiger partial charge on any atom is 0.352 e. The van der Waals surface area contributed by atoms with Gasteiger partial charge in [0.15, 0.2) is 0 Å². The lowest BCUT2D eigenvalue weighted by atomic mass is 10.2. The summed E-state index contributed by atoms with van der Waals surface area (Å²) in [5, 5.41) is 9.75. The fourth-order valence-electron chi connectivity index (χ4n) is 2.37. The molecule has 1 heterocycles. The molecule has 0 fully saturated rings. The van der Waals surface area contributed by atoms with Gasteiger partial charge < -0.3 is 26.3 Å². The van der Waals surface area contributed by atoms with Gasteiger partial charge in [0.25, 0.3) is 0 Å². The van der Waals surface area contributed by atoms with Crippen molar-refractivity contribution in [3.05, 3.63) is 54.2 Å². The number of anilines is 2. The number of carboxylic acids is 1. The van der Waals surface area contributed by atoms with Crippen LogP contribution in [0.15, 0.2) is 48.5 Å². The van der Waals surface area contributed by atoms with Crippen molar-refractivity contribution in [1.82, 2.24) is 4.98 Å². The summed E-state index contributed by atoms with van der Waals surface area (Å²) in [5.74, 6) is -0.161. The van der Waals surface area contributed by atoms with E-state index < -0.39 is 5.97 Å². The Morgan fingerprint density at radius 1 is 1.08 bits per heavy atom. The quantitative estimate of drug-likeness (QED) is 0.389. The Morgan fingerprint density at radius 2 is 1.77 bits per heavy atom. The first-order valence-corrected chi connectivity index (χ1v) is 8.60. The Bertz CT molecular complexity index is 837. The van der Waals surface area contributed by atoms with Crippen LogP contribution < -0.4 is 16.2 Å². The molecule has 6 nitrogen and oxygen atoms in total. The smallest absolute Gasteiger partial charge is 0.352 e. The van der Waals surface area contributed by atoms with E-state index in [0.29, 0.717) is 18.0 Å². The van der Waals surface area contributed by atoms with Gasteiger partial charge in [0.05, 0.1) is 18.0 Å². The van der Waals surface area contributed by atoms with Crippen LogP contribution in [0, 0.1) is 0 Å². The van der Waals surface area contributed by atoms with Gasteiger partial charge in [-0.2, -0.15) is 0 Å². The number of hydrogen-bond donors (Lipinski definition) is 4. The summed E-state index contributed by atoms with van der Waals surface area (Å²) in [6.07, 6.45) is 3.37. The van der Waals surface area contributed by atoms with Gasteiger partial charge >= 0.3 is 5.97 Å². The molecule has 0 bridgehead atoms. The topological polar surface area (TPSA) is 114 Å². The van der Waals surface area contributed by atoms with E-state index in [2.05, 4.69) is 11.9 Å². The van der Waals surface area contributed by atoms with Gasteiger partial charge in [-0.3, -0.25) is 0 Å². The van der Waals surface area contributed by atoms with E-state index in [4.69, 9.17) is 21.3 Å². The first kappa shape index (κ1) is 19.2. The predicted molar refractivity (Wildman–Crippen MR) is 106 cm³/mol. The van der Waals surface area contributed by atoms with Crippen LogP contribution in [0.25, 0.3) is 10.9 Å². The van der Waals surface area contributed by atoms with Gasteiger partial charge in [-0.05, 0) is 42.8 Å². The number of nitrogens with two attached hydrogens (primary N) is 2. The summed E-state index contributed by atoms with van der Waals surface area (Å²) in [5.41, 5.74) is 13.1. The van der Waals surface area contributed by atoms with E-state index in [-0.39, 0.29) is 5.69 Å². The van der Waals surface area contributed by atoms with Crippen LogP contribution in [0.4, 0.5) is 11.4 Å². The van der Waals surface area contributed by atoms with E-state index in [1.807, 2.05) is 30.3 Å². The molecule has 0 aliphatic heterocycles. The van der Waals surface area contributed by atoms with Crippen molar-refractivity contribution in [2.45, 2.75) is 26.2 Å². The number of hydrogen-bond acceptors (Lipinski definition) is 4. The Kier molecular flexibility index (Phi) is 6.91. The Balaban J connectivity index is 0.000000254. The number of nitrogens with one attached hydrogen (secondary N) is 1. The van der Waals surface area contributed by atoms with Crippen LogP contribution in [0.1, 0.15) is 36.7 Å². The number of H-pyrrole nitrogens is 1. The Labute approximate surface area is 152 Å². The molecular formula is C20H25N3O3. The van der Waals surface area contributed by atoms with Crippen LogP contribution in [-0.2, 0) is 0 Å². The lowest BCUT2D eigenvalue weighted by Gasteiger charge is -2.05. The van der Waals surface area contributed by atoms with Crippen molar-refractivity contribution in [1.29, 1.82) is 0 Å². The van der Waals surface area contributed by atoms with Gasteiger partial charge in [0.1, 0.15) is 11.4 Å². The van der Waals surface area contributed by atoms with Gasteiger partial charge in [0, 0.05) is 10.9 Å². The molecule has 0 amide bonds. The van der Waals surface area contributed by atoms with Gasteiger partial charge in [-0.15, -0.1) is 0 Å². The zero-order chi connectivity index (χ0) is 18.9. The number of carbonyl (C=O) groups is 1. The molecular weight excluding hydrogens is 330 g/mol. The van der Waals surface area contributed by atoms with Crippen LogP contribution in [0.2, 0.25) is 0 Å². The number of aromatic carboxylic acids is 1. The number of unbranched alkanes of at least 4 members (excludes halogenated alkanes) is 2. The normalized spacial score (nSPS) is 10.2. The van der Waals surface area contributed by atoms with Gasteiger partial charge in [0.2, 0.25) is 0 Å². The molecule has 0 atom stereocenters. The van der Waals surface area contributed by atoms with Crippen molar-refractivity contribution < 1.29 is 14.6 Å². The average Bonchev–Trinajstić information content (AvgIpc) is 3.06. The second kappa shape index (κ2) is 9.36. The number of aromatic nitrogens is 1. The highest BCUT2D eigenvalue weighted by Crippen LogP contribution is 2.22. The van der Waals surface area contributed by atoms with E-state index >= 15 is 0 Å². The number of aromatic amines is 1. The monoisotopic (exact) mass is 355 g/mol. The molecule has 0 saturated heterocycles. The molecule has 3 rings (SSSR count). The molecule has 6 N–H and O–H groups in total. The molecule has 0 aliphatic carbocycles. The fourth-order valence-corrected chi connectivity index (χ4v) is 2.37. The fraction of sp³-hybridized carbons (Fsp3) is 0.250. The lowest BCUT2D eigenvalue weighted by Crippen LogP contribution is -1.96. The first-order chi connectivity index (χ1) is 12.5. The predicted octanol–water partition coefficient (Wildman–Crippen LogP) is 4.29. The molecule has 0 aliphatic rings. The highest BCUT2D eigenvalue weighted by atomic mass is 16.5. The zero-order valence-electron chi connectivity index (χ0n) is 14.9. The summed E-state index contributed by atoms with van der Waals surface area (Å²) in [6, 6.07) is 14.4. The molecule has 6 heteroatoms. The van der Waals surface area contributed by atoms with E-state index in [9.17, 15) is 4.79 Å². The number of fused-ring (bicyclic) bond motifs is 1. The lowest BCUT2D eigenvalue weighted by molar-refractivity contribution is 0.0691. The molecule has 0 unspecified atom stereocenters. The highest BCUT2D eigenvalue weighted by Gasteiger charge is 2.07. The van der Waals surface area contributed by atoms with Crippen LogP contribution in [-0.4, -0.2) is 22.7 Å². The number of ether oxygens (including phenoxy) is 1. The van der Waals surface area contributed by atoms with Crippen molar-refractivity contribution in [3.8, 4) is 5.75 Å². The SMILES string of the molecule is CCCCCOc1ccc2[nH]c(C(=O)O)cc2c1.Nc1ccccc1N. The van der Waals surface area contributed by atoms with Crippen LogP contribution in [0.5, 0.6) is 5.75 Å². The van der Waals surface area contributed by atoms with Crippen molar-refractivity contribution >= 4 is 28.2 Å². The van der Waals surface area contributed by atoms with Gasteiger partial charge in [-0.25, -0.2) is 4.79 Å². The standard InChI is InChI=1S/C14H17NO3.C6H8N2/c1-2-3-4-7-18-11-5-6-12-10(8-11)9-13(15-12)14(16)17;7-5-3-1-2-4-6(5)8/h5-6,8-9,15H,2-4,7H2,1H3,(H,16,17);1-4H,7-8H2. The summed E-state index contributed by atoms with van der Waals surface area (Å²) in [6.45, 7) is 2.86. The van der Waals surface area contributed by atoms with E-state index in [1.54, 1.807) is 18.2 Å². The average molecular weight is 355 g/mol. The number of carboxylic acid groups (broad SMARTS) is 1. The number of benzene rings is 2. The van der Waals surface area contributed by atoms with E-state index in [0.717, 1.165) is 29.5 Å². The van der Waals surface area contributed by atoms with Crippen molar-refractivity contribution in [3.63, 3.8) is 0 Å². The first-order valence-electron chi connectivity index (χ1n) is 8.60. The second-order valence-corrected chi connectivity index (χ2v) is 5.92. The molecule has 0 spiro atoms. The maximum atomic E-state index is 10.8.